The fourth-order valence-electron chi connectivity index (χ4n) is 2.48. The lowest BCUT2D eigenvalue weighted by atomic mass is 10.1. The monoisotopic (exact) mass is 322 g/mol. The van der Waals surface area contributed by atoms with Gasteiger partial charge in [-0.25, -0.2) is 4.98 Å². The average Bonchev–Trinajstić information content (AvgIpc) is 3.17. The maximum Gasteiger partial charge on any atom is 0.251 e. The van der Waals surface area contributed by atoms with E-state index in [0.29, 0.717) is 17.8 Å². The van der Waals surface area contributed by atoms with Crippen molar-refractivity contribution in [2.45, 2.75) is 12.5 Å². The van der Waals surface area contributed by atoms with Crippen LogP contribution in [0.25, 0.3) is 11.4 Å². The van der Waals surface area contributed by atoms with Gasteiger partial charge < -0.3 is 10.4 Å². The molecular formula is C18H18N4O2. The Kier molecular flexibility index (Phi) is 4.98. The molecule has 2 aromatic carbocycles. The van der Waals surface area contributed by atoms with Crippen LogP contribution >= 0.6 is 0 Å². The largest absolute Gasteiger partial charge is 0.394 e. The van der Waals surface area contributed by atoms with Crippen molar-refractivity contribution in [3.63, 3.8) is 0 Å². The molecule has 1 aromatic heterocycles. The lowest BCUT2D eigenvalue weighted by Crippen LogP contribution is -2.39. The van der Waals surface area contributed by atoms with Crippen LogP contribution < -0.4 is 5.32 Å². The summed E-state index contributed by atoms with van der Waals surface area (Å²) < 4.78 is 0. The summed E-state index contributed by atoms with van der Waals surface area (Å²) in [6, 6.07) is 16.5. The molecule has 1 unspecified atom stereocenters. The van der Waals surface area contributed by atoms with Crippen molar-refractivity contribution in [2.75, 3.05) is 6.61 Å². The molecule has 122 valence electrons. The van der Waals surface area contributed by atoms with Gasteiger partial charge >= 0.3 is 0 Å². The standard InChI is InChI=1S/C18H18N4O2/c23-11-16(9-13-5-2-1-3-6-13)21-18(24)15-8-4-7-14(10-15)17-19-12-20-22-17/h1-8,10,12,16,23H,9,11H2,(H,21,24)(H,19,20,22). The summed E-state index contributed by atoms with van der Waals surface area (Å²) in [6.07, 6.45) is 1.99. The predicted molar refractivity (Wildman–Crippen MR) is 90.3 cm³/mol. The number of aromatic nitrogens is 3. The highest BCUT2D eigenvalue weighted by Crippen LogP contribution is 2.15. The molecule has 0 aliphatic carbocycles. The number of H-pyrrole nitrogens is 1. The number of benzene rings is 2. The van der Waals surface area contributed by atoms with Gasteiger partial charge in [-0.1, -0.05) is 42.5 Å². The highest BCUT2D eigenvalue weighted by atomic mass is 16.3. The van der Waals surface area contributed by atoms with Gasteiger partial charge in [0.2, 0.25) is 0 Å². The number of rotatable bonds is 6. The van der Waals surface area contributed by atoms with Crippen LogP contribution in [0, 0.1) is 0 Å². The summed E-state index contributed by atoms with van der Waals surface area (Å²) in [4.78, 5) is 16.5. The highest BCUT2D eigenvalue weighted by Gasteiger charge is 2.14. The second kappa shape index (κ2) is 7.52. The Morgan fingerprint density at radius 3 is 2.71 bits per heavy atom. The number of hydrogen-bond donors (Lipinski definition) is 3. The van der Waals surface area contributed by atoms with Gasteiger partial charge in [-0.05, 0) is 24.1 Å². The summed E-state index contributed by atoms with van der Waals surface area (Å²) >= 11 is 0. The molecule has 1 atom stereocenters. The summed E-state index contributed by atoms with van der Waals surface area (Å²) in [5.74, 6) is 0.374. The Labute approximate surface area is 139 Å². The smallest absolute Gasteiger partial charge is 0.251 e. The Morgan fingerprint density at radius 1 is 1.17 bits per heavy atom. The first kappa shape index (κ1) is 15.9. The molecule has 0 fully saturated rings. The maximum atomic E-state index is 12.5. The number of amides is 1. The average molecular weight is 322 g/mol. The number of aromatic amines is 1. The van der Waals surface area contributed by atoms with Gasteiger partial charge in [-0.2, -0.15) is 5.10 Å². The van der Waals surface area contributed by atoms with Crippen LogP contribution in [-0.4, -0.2) is 38.8 Å². The van der Waals surface area contributed by atoms with Crippen LogP contribution in [0.4, 0.5) is 0 Å². The topological polar surface area (TPSA) is 90.9 Å². The number of carbonyl (C=O) groups is 1. The Bertz CT molecular complexity index is 788. The Hall–Kier alpha value is -2.99. The number of hydrogen-bond acceptors (Lipinski definition) is 4. The fraction of sp³-hybridized carbons (Fsp3) is 0.167. The van der Waals surface area contributed by atoms with Crippen LogP contribution in [0.5, 0.6) is 0 Å². The lowest BCUT2D eigenvalue weighted by Gasteiger charge is -2.16. The Balaban J connectivity index is 1.70. The van der Waals surface area contributed by atoms with E-state index in [4.69, 9.17) is 0 Å². The SMILES string of the molecule is O=C(NC(CO)Cc1ccccc1)c1cccc(-c2ncn[nH]2)c1. The molecule has 0 spiro atoms. The second-order valence-corrected chi connectivity index (χ2v) is 5.46. The van der Waals surface area contributed by atoms with Gasteiger partial charge in [0.25, 0.3) is 5.91 Å². The van der Waals surface area contributed by atoms with Gasteiger partial charge in [-0.15, -0.1) is 0 Å². The summed E-state index contributed by atoms with van der Waals surface area (Å²) in [7, 11) is 0. The lowest BCUT2D eigenvalue weighted by molar-refractivity contribution is 0.0916. The van der Waals surface area contributed by atoms with Gasteiger partial charge in [-0.3, -0.25) is 9.89 Å². The Morgan fingerprint density at radius 2 is 2.00 bits per heavy atom. The molecule has 0 aliphatic heterocycles. The van der Waals surface area contributed by atoms with Gasteiger partial charge in [0.1, 0.15) is 6.33 Å². The van der Waals surface area contributed by atoms with Crippen molar-refractivity contribution < 1.29 is 9.90 Å². The third-order valence-electron chi connectivity index (χ3n) is 3.69. The third kappa shape index (κ3) is 3.85. The van der Waals surface area contributed by atoms with Crippen LogP contribution in [0.1, 0.15) is 15.9 Å². The zero-order valence-electron chi connectivity index (χ0n) is 13.0. The summed E-state index contributed by atoms with van der Waals surface area (Å²) in [6.45, 7) is -0.123. The molecule has 1 amide bonds. The minimum Gasteiger partial charge on any atom is -0.394 e. The van der Waals surface area contributed by atoms with Crippen LogP contribution in [0.3, 0.4) is 0 Å². The molecule has 3 rings (SSSR count). The first-order valence-corrected chi connectivity index (χ1v) is 7.67. The van der Waals surface area contributed by atoms with Crippen molar-refractivity contribution >= 4 is 5.91 Å². The second-order valence-electron chi connectivity index (χ2n) is 5.46. The van der Waals surface area contributed by atoms with E-state index in [9.17, 15) is 9.90 Å². The molecule has 0 bridgehead atoms. The quantitative estimate of drug-likeness (QED) is 0.645. The molecule has 1 heterocycles. The minimum absolute atomic E-state index is 0.123. The molecule has 3 N–H and O–H groups in total. The number of aliphatic hydroxyl groups is 1. The van der Waals surface area contributed by atoms with Crippen molar-refractivity contribution in [1.82, 2.24) is 20.5 Å². The van der Waals surface area contributed by atoms with Crippen molar-refractivity contribution in [3.05, 3.63) is 72.1 Å². The number of nitrogens with one attached hydrogen (secondary N) is 2. The van der Waals surface area contributed by atoms with Crippen molar-refractivity contribution in [1.29, 1.82) is 0 Å². The molecule has 0 radical (unpaired) electrons. The van der Waals surface area contributed by atoms with Gasteiger partial charge in [0.15, 0.2) is 5.82 Å². The molecule has 3 aromatic rings. The number of aliphatic hydroxyl groups excluding tert-OH is 1. The van der Waals surface area contributed by atoms with E-state index in [1.54, 1.807) is 18.2 Å². The van der Waals surface area contributed by atoms with E-state index in [2.05, 4.69) is 20.5 Å². The maximum absolute atomic E-state index is 12.5. The molecule has 6 heteroatoms. The number of nitrogens with zero attached hydrogens (tertiary/aromatic N) is 2. The zero-order valence-corrected chi connectivity index (χ0v) is 13.0. The minimum atomic E-state index is -0.339. The third-order valence-corrected chi connectivity index (χ3v) is 3.69. The van der Waals surface area contributed by atoms with E-state index >= 15 is 0 Å². The fourth-order valence-corrected chi connectivity index (χ4v) is 2.48. The summed E-state index contributed by atoms with van der Waals surface area (Å²) in [5, 5.41) is 19.0. The normalized spacial score (nSPS) is 11.9. The van der Waals surface area contributed by atoms with Crippen molar-refractivity contribution in [3.8, 4) is 11.4 Å². The van der Waals surface area contributed by atoms with E-state index in [1.807, 2.05) is 36.4 Å². The number of carbonyl (C=O) groups excluding carboxylic acids is 1. The van der Waals surface area contributed by atoms with Gasteiger partial charge in [0, 0.05) is 11.1 Å². The van der Waals surface area contributed by atoms with E-state index in [0.717, 1.165) is 11.1 Å². The van der Waals surface area contributed by atoms with Crippen molar-refractivity contribution in [2.24, 2.45) is 0 Å². The van der Waals surface area contributed by atoms with E-state index < -0.39 is 0 Å². The van der Waals surface area contributed by atoms with Crippen LogP contribution in [-0.2, 0) is 6.42 Å². The van der Waals surface area contributed by atoms with E-state index in [1.165, 1.54) is 6.33 Å². The molecule has 6 nitrogen and oxygen atoms in total. The molecule has 0 saturated carbocycles. The predicted octanol–water partition coefficient (Wildman–Crippen LogP) is 1.81. The zero-order chi connectivity index (χ0) is 16.8. The van der Waals surface area contributed by atoms with Crippen LogP contribution in [0.15, 0.2) is 60.9 Å². The molecule has 0 saturated heterocycles. The molecular weight excluding hydrogens is 304 g/mol. The first-order valence-electron chi connectivity index (χ1n) is 7.67. The highest BCUT2D eigenvalue weighted by molar-refractivity contribution is 5.95. The van der Waals surface area contributed by atoms with Crippen LogP contribution in [0.2, 0.25) is 0 Å². The van der Waals surface area contributed by atoms with Gasteiger partial charge in [0.05, 0.1) is 12.6 Å². The summed E-state index contributed by atoms with van der Waals surface area (Å²) in [5.41, 5.74) is 2.35. The van der Waals surface area contributed by atoms with E-state index in [-0.39, 0.29) is 18.6 Å². The first-order chi connectivity index (χ1) is 11.8. The molecule has 0 aliphatic rings. The molecule has 24 heavy (non-hydrogen) atoms.